The van der Waals surface area contributed by atoms with Crippen LogP contribution in [0.25, 0.3) is 0 Å². The van der Waals surface area contributed by atoms with Gasteiger partial charge in [0.05, 0.1) is 0 Å². The third kappa shape index (κ3) is 3.64. The first-order chi connectivity index (χ1) is 9.88. The van der Waals surface area contributed by atoms with Gasteiger partial charge < -0.3 is 10.4 Å². The number of phenols is 1. The van der Waals surface area contributed by atoms with E-state index in [4.69, 9.17) is 0 Å². The Morgan fingerprint density at radius 3 is 1.90 bits per heavy atom. The standard InChI is InChI=1S/C19H25NO/c1-12-6-8-17(14(3)10-12)15(4)20-16(5)18-9-7-13(2)11-19(18)21/h6-11,15-16,20-21H,1-5H3. The summed E-state index contributed by atoms with van der Waals surface area (Å²) in [6, 6.07) is 12.7. The maximum atomic E-state index is 10.1. The second-order valence-electron chi connectivity index (χ2n) is 6.03. The number of rotatable bonds is 4. The minimum absolute atomic E-state index is 0.0984. The predicted molar refractivity (Wildman–Crippen MR) is 88.7 cm³/mol. The Balaban J connectivity index is 2.16. The molecule has 2 atom stereocenters. The van der Waals surface area contributed by atoms with Gasteiger partial charge in [0.1, 0.15) is 5.75 Å². The Labute approximate surface area is 127 Å². The van der Waals surface area contributed by atoms with Crippen molar-refractivity contribution in [2.24, 2.45) is 0 Å². The van der Waals surface area contributed by atoms with Crippen LogP contribution in [0.5, 0.6) is 5.75 Å². The summed E-state index contributed by atoms with van der Waals surface area (Å²) in [6.45, 7) is 10.5. The highest BCUT2D eigenvalue weighted by atomic mass is 16.3. The van der Waals surface area contributed by atoms with Crippen molar-refractivity contribution in [3.05, 3.63) is 64.2 Å². The molecule has 0 bridgehead atoms. The molecule has 0 amide bonds. The van der Waals surface area contributed by atoms with E-state index < -0.39 is 0 Å². The van der Waals surface area contributed by atoms with Crippen molar-refractivity contribution in [2.45, 2.75) is 46.7 Å². The lowest BCUT2D eigenvalue weighted by atomic mass is 9.98. The molecule has 2 aromatic carbocycles. The van der Waals surface area contributed by atoms with Crippen LogP contribution in [0.4, 0.5) is 0 Å². The van der Waals surface area contributed by atoms with Crippen LogP contribution in [0, 0.1) is 20.8 Å². The van der Waals surface area contributed by atoms with Gasteiger partial charge in [-0.05, 0) is 57.4 Å². The van der Waals surface area contributed by atoms with Crippen molar-refractivity contribution in [1.29, 1.82) is 0 Å². The van der Waals surface area contributed by atoms with Gasteiger partial charge in [-0.3, -0.25) is 0 Å². The normalized spacial score (nSPS) is 14.0. The zero-order valence-electron chi connectivity index (χ0n) is 13.6. The summed E-state index contributed by atoms with van der Waals surface area (Å²) in [5.74, 6) is 0.364. The third-order valence-corrected chi connectivity index (χ3v) is 4.04. The van der Waals surface area contributed by atoms with Crippen LogP contribution in [0.15, 0.2) is 36.4 Å². The van der Waals surface area contributed by atoms with Crippen molar-refractivity contribution >= 4 is 0 Å². The van der Waals surface area contributed by atoms with Gasteiger partial charge in [0.15, 0.2) is 0 Å². The molecule has 0 spiro atoms. The topological polar surface area (TPSA) is 32.3 Å². The number of benzene rings is 2. The summed E-state index contributed by atoms with van der Waals surface area (Å²) in [5, 5.41) is 13.7. The van der Waals surface area contributed by atoms with E-state index in [2.05, 4.69) is 51.2 Å². The van der Waals surface area contributed by atoms with E-state index in [1.165, 1.54) is 16.7 Å². The highest BCUT2D eigenvalue weighted by Crippen LogP contribution is 2.28. The van der Waals surface area contributed by atoms with Crippen molar-refractivity contribution in [2.75, 3.05) is 0 Å². The predicted octanol–water partition coefficient (Wildman–Crippen LogP) is 4.73. The highest BCUT2D eigenvalue weighted by Gasteiger charge is 2.15. The van der Waals surface area contributed by atoms with E-state index in [1.54, 1.807) is 0 Å². The molecule has 0 saturated carbocycles. The minimum Gasteiger partial charge on any atom is -0.508 e. The van der Waals surface area contributed by atoms with Crippen LogP contribution < -0.4 is 5.32 Å². The first-order valence-electron chi connectivity index (χ1n) is 7.51. The maximum Gasteiger partial charge on any atom is 0.120 e. The molecule has 0 aliphatic heterocycles. The molecule has 2 nitrogen and oxygen atoms in total. The molecule has 0 aliphatic carbocycles. The monoisotopic (exact) mass is 283 g/mol. The number of nitrogens with one attached hydrogen (secondary N) is 1. The van der Waals surface area contributed by atoms with E-state index >= 15 is 0 Å². The average molecular weight is 283 g/mol. The Morgan fingerprint density at radius 1 is 0.810 bits per heavy atom. The fourth-order valence-electron chi connectivity index (χ4n) is 2.89. The fraction of sp³-hybridized carbons (Fsp3) is 0.368. The van der Waals surface area contributed by atoms with Gasteiger partial charge in [0.25, 0.3) is 0 Å². The van der Waals surface area contributed by atoms with Crippen LogP contribution >= 0.6 is 0 Å². The summed E-state index contributed by atoms with van der Waals surface area (Å²) >= 11 is 0. The Hall–Kier alpha value is -1.80. The molecule has 2 unspecified atom stereocenters. The molecule has 21 heavy (non-hydrogen) atoms. The Bertz CT molecular complexity index is 578. The quantitative estimate of drug-likeness (QED) is 0.850. The largest absolute Gasteiger partial charge is 0.508 e. The van der Waals surface area contributed by atoms with E-state index in [0.29, 0.717) is 5.75 Å². The summed E-state index contributed by atoms with van der Waals surface area (Å²) in [7, 11) is 0. The molecule has 2 N–H and O–H groups in total. The van der Waals surface area contributed by atoms with Gasteiger partial charge >= 0.3 is 0 Å². The van der Waals surface area contributed by atoms with Gasteiger partial charge in [-0.2, -0.15) is 0 Å². The first kappa shape index (κ1) is 15.6. The molecule has 0 saturated heterocycles. The zero-order valence-corrected chi connectivity index (χ0v) is 13.6. The lowest BCUT2D eigenvalue weighted by Gasteiger charge is -2.23. The minimum atomic E-state index is 0.0984. The lowest BCUT2D eigenvalue weighted by molar-refractivity contribution is 0.438. The van der Waals surface area contributed by atoms with Crippen LogP contribution in [0.2, 0.25) is 0 Å². The highest BCUT2D eigenvalue weighted by molar-refractivity contribution is 5.38. The van der Waals surface area contributed by atoms with Gasteiger partial charge in [0, 0.05) is 17.6 Å². The van der Waals surface area contributed by atoms with E-state index in [0.717, 1.165) is 11.1 Å². The smallest absolute Gasteiger partial charge is 0.120 e. The second-order valence-corrected chi connectivity index (χ2v) is 6.03. The van der Waals surface area contributed by atoms with Crippen LogP contribution in [0.3, 0.4) is 0 Å². The van der Waals surface area contributed by atoms with E-state index in [1.807, 2.05) is 25.1 Å². The third-order valence-electron chi connectivity index (χ3n) is 4.04. The van der Waals surface area contributed by atoms with E-state index in [9.17, 15) is 5.11 Å². The molecule has 2 rings (SSSR count). The van der Waals surface area contributed by atoms with Crippen molar-refractivity contribution in [3.63, 3.8) is 0 Å². The number of hydrogen-bond acceptors (Lipinski definition) is 2. The number of hydrogen-bond donors (Lipinski definition) is 2. The fourth-order valence-corrected chi connectivity index (χ4v) is 2.89. The average Bonchev–Trinajstić information content (AvgIpc) is 2.37. The summed E-state index contributed by atoms with van der Waals surface area (Å²) in [4.78, 5) is 0. The summed E-state index contributed by atoms with van der Waals surface area (Å²) in [5.41, 5.74) is 5.91. The number of aryl methyl sites for hydroxylation is 3. The molecule has 0 aliphatic rings. The van der Waals surface area contributed by atoms with Crippen LogP contribution in [-0.2, 0) is 0 Å². The van der Waals surface area contributed by atoms with Gasteiger partial charge in [0.2, 0.25) is 0 Å². The zero-order chi connectivity index (χ0) is 15.6. The molecule has 2 aromatic rings. The maximum absolute atomic E-state index is 10.1. The SMILES string of the molecule is Cc1ccc(C(C)NC(C)c2ccc(C)cc2O)c(C)c1. The van der Waals surface area contributed by atoms with Crippen molar-refractivity contribution in [3.8, 4) is 5.75 Å². The number of aromatic hydroxyl groups is 1. The molecular weight excluding hydrogens is 258 g/mol. The second kappa shape index (κ2) is 6.31. The molecule has 0 aromatic heterocycles. The van der Waals surface area contributed by atoms with Crippen LogP contribution in [-0.4, -0.2) is 5.11 Å². The Kier molecular flexibility index (Phi) is 4.69. The van der Waals surface area contributed by atoms with Gasteiger partial charge in [-0.15, -0.1) is 0 Å². The van der Waals surface area contributed by atoms with Gasteiger partial charge in [-0.1, -0.05) is 35.9 Å². The summed E-state index contributed by atoms with van der Waals surface area (Å²) in [6.07, 6.45) is 0. The molecule has 0 heterocycles. The van der Waals surface area contributed by atoms with E-state index in [-0.39, 0.29) is 12.1 Å². The number of phenolic OH excluding ortho intramolecular Hbond substituents is 1. The molecule has 112 valence electrons. The lowest BCUT2D eigenvalue weighted by Crippen LogP contribution is -2.23. The summed E-state index contributed by atoms with van der Waals surface area (Å²) < 4.78 is 0. The van der Waals surface area contributed by atoms with Gasteiger partial charge in [-0.25, -0.2) is 0 Å². The Morgan fingerprint density at radius 2 is 1.33 bits per heavy atom. The van der Waals surface area contributed by atoms with Crippen LogP contribution in [0.1, 0.15) is 53.7 Å². The first-order valence-corrected chi connectivity index (χ1v) is 7.51. The molecule has 2 heteroatoms. The molecule has 0 radical (unpaired) electrons. The van der Waals surface area contributed by atoms with Crippen molar-refractivity contribution < 1.29 is 5.11 Å². The van der Waals surface area contributed by atoms with Crippen molar-refractivity contribution in [1.82, 2.24) is 5.32 Å². The molecular formula is C19H25NO. The molecule has 0 fully saturated rings.